The summed E-state index contributed by atoms with van der Waals surface area (Å²) in [7, 11) is 0. The van der Waals surface area contributed by atoms with Gasteiger partial charge in [-0.1, -0.05) is 44.0 Å². The van der Waals surface area contributed by atoms with E-state index in [0.29, 0.717) is 0 Å². The normalized spacial score (nSPS) is 19.4. The van der Waals surface area contributed by atoms with Crippen LogP contribution in [0.2, 0.25) is 0 Å². The number of benzene rings is 1. The average molecular weight is 234 g/mol. The van der Waals surface area contributed by atoms with E-state index in [0.717, 1.165) is 5.25 Å². The fourth-order valence-electron chi connectivity index (χ4n) is 2.46. The van der Waals surface area contributed by atoms with Crippen molar-refractivity contribution in [1.82, 2.24) is 0 Å². The van der Waals surface area contributed by atoms with Crippen molar-refractivity contribution < 1.29 is 0 Å². The van der Waals surface area contributed by atoms with E-state index >= 15 is 0 Å². The summed E-state index contributed by atoms with van der Waals surface area (Å²) in [5.74, 6) is 1.34. The first kappa shape index (κ1) is 12.0. The van der Waals surface area contributed by atoms with Crippen LogP contribution in [0.15, 0.2) is 24.3 Å². The number of rotatable bonds is 5. The third kappa shape index (κ3) is 3.04. The maximum absolute atomic E-state index is 2.34. The zero-order valence-electron chi connectivity index (χ0n) is 10.2. The molecule has 1 aliphatic carbocycles. The molecule has 0 bridgehead atoms. The van der Waals surface area contributed by atoms with Gasteiger partial charge in [-0.3, -0.25) is 0 Å². The molecule has 1 aliphatic rings. The molecular weight excluding hydrogens is 212 g/mol. The van der Waals surface area contributed by atoms with Gasteiger partial charge in [0.2, 0.25) is 0 Å². The van der Waals surface area contributed by atoms with Crippen molar-refractivity contribution >= 4 is 11.8 Å². The van der Waals surface area contributed by atoms with Crippen LogP contribution < -0.4 is 0 Å². The third-order valence-electron chi connectivity index (χ3n) is 3.38. The Bertz CT molecular complexity index is 319. The summed E-state index contributed by atoms with van der Waals surface area (Å²) >= 11 is 2.18. The van der Waals surface area contributed by atoms with Crippen molar-refractivity contribution in [2.24, 2.45) is 0 Å². The Labute approximate surface area is 104 Å². The molecule has 1 unspecified atom stereocenters. The van der Waals surface area contributed by atoms with Crippen molar-refractivity contribution in [2.75, 3.05) is 5.75 Å². The van der Waals surface area contributed by atoms with Crippen molar-refractivity contribution in [2.45, 2.75) is 50.7 Å². The second-order valence-corrected chi connectivity index (χ2v) is 5.97. The van der Waals surface area contributed by atoms with E-state index in [9.17, 15) is 0 Å². The molecular formula is C15H22S. The van der Waals surface area contributed by atoms with Gasteiger partial charge in [-0.25, -0.2) is 0 Å². The molecule has 0 heterocycles. The summed E-state index contributed by atoms with van der Waals surface area (Å²) in [6.45, 7) is 2.28. The lowest BCUT2D eigenvalue weighted by Crippen LogP contribution is -2.07. The van der Waals surface area contributed by atoms with Gasteiger partial charge in [-0.15, -0.1) is 0 Å². The summed E-state index contributed by atoms with van der Waals surface area (Å²) in [6.07, 6.45) is 8.17. The number of hydrogen-bond acceptors (Lipinski definition) is 1. The fraction of sp³-hybridized carbons (Fsp3) is 0.600. The SMILES string of the molecule is CCCCCSC1CCCc2ccccc21. The highest BCUT2D eigenvalue weighted by Gasteiger charge is 2.19. The number of hydrogen-bond donors (Lipinski definition) is 0. The zero-order valence-corrected chi connectivity index (χ0v) is 11.1. The molecule has 0 saturated carbocycles. The minimum atomic E-state index is 0.779. The molecule has 1 heteroatoms. The van der Waals surface area contributed by atoms with Gasteiger partial charge in [0.25, 0.3) is 0 Å². The Morgan fingerprint density at radius 2 is 2.12 bits per heavy atom. The average Bonchev–Trinajstić information content (AvgIpc) is 2.35. The molecule has 0 N–H and O–H groups in total. The number of thioether (sulfide) groups is 1. The van der Waals surface area contributed by atoms with Crippen LogP contribution in [0.4, 0.5) is 0 Å². The minimum absolute atomic E-state index is 0.779. The maximum Gasteiger partial charge on any atom is 0.0300 e. The summed E-state index contributed by atoms with van der Waals surface area (Å²) in [5.41, 5.74) is 3.22. The summed E-state index contributed by atoms with van der Waals surface area (Å²) in [5, 5.41) is 0.779. The zero-order chi connectivity index (χ0) is 11.2. The highest BCUT2D eigenvalue weighted by molar-refractivity contribution is 7.99. The molecule has 0 amide bonds. The Kier molecular flexibility index (Phi) is 4.77. The van der Waals surface area contributed by atoms with Crippen LogP contribution >= 0.6 is 11.8 Å². The van der Waals surface area contributed by atoms with Crippen molar-refractivity contribution in [3.63, 3.8) is 0 Å². The largest absolute Gasteiger partial charge is 0.154 e. The molecule has 0 nitrogen and oxygen atoms in total. The highest BCUT2D eigenvalue weighted by atomic mass is 32.2. The Balaban J connectivity index is 1.91. The smallest absolute Gasteiger partial charge is 0.0300 e. The first-order valence-electron chi connectivity index (χ1n) is 6.61. The van der Waals surface area contributed by atoms with E-state index in [1.165, 1.54) is 44.3 Å². The van der Waals surface area contributed by atoms with Gasteiger partial charge in [0, 0.05) is 5.25 Å². The molecule has 0 radical (unpaired) electrons. The first-order valence-corrected chi connectivity index (χ1v) is 7.66. The number of aryl methyl sites for hydroxylation is 1. The molecule has 0 fully saturated rings. The van der Waals surface area contributed by atoms with Gasteiger partial charge in [0.15, 0.2) is 0 Å². The first-order chi connectivity index (χ1) is 7.92. The van der Waals surface area contributed by atoms with Crippen molar-refractivity contribution in [1.29, 1.82) is 0 Å². The van der Waals surface area contributed by atoms with Gasteiger partial charge < -0.3 is 0 Å². The van der Waals surface area contributed by atoms with Crippen LogP contribution in [0.5, 0.6) is 0 Å². The molecule has 16 heavy (non-hydrogen) atoms. The molecule has 2 rings (SSSR count). The van der Waals surface area contributed by atoms with Gasteiger partial charge >= 0.3 is 0 Å². The molecule has 0 spiro atoms. The topological polar surface area (TPSA) is 0 Å². The number of fused-ring (bicyclic) bond motifs is 1. The van der Waals surface area contributed by atoms with E-state index in [4.69, 9.17) is 0 Å². The molecule has 0 aliphatic heterocycles. The van der Waals surface area contributed by atoms with Gasteiger partial charge in [0.1, 0.15) is 0 Å². The second-order valence-electron chi connectivity index (χ2n) is 4.66. The number of unbranched alkanes of at least 4 members (excludes halogenated alkanes) is 2. The molecule has 88 valence electrons. The Morgan fingerprint density at radius 3 is 3.00 bits per heavy atom. The minimum Gasteiger partial charge on any atom is -0.154 e. The Morgan fingerprint density at radius 1 is 1.25 bits per heavy atom. The highest BCUT2D eigenvalue weighted by Crippen LogP contribution is 2.39. The maximum atomic E-state index is 2.34. The van der Waals surface area contributed by atoms with Crippen LogP contribution in [0, 0.1) is 0 Å². The lowest BCUT2D eigenvalue weighted by molar-refractivity contribution is 0.672. The lowest BCUT2D eigenvalue weighted by atomic mass is 9.91. The lowest BCUT2D eigenvalue weighted by Gasteiger charge is -2.25. The van der Waals surface area contributed by atoms with E-state index in [-0.39, 0.29) is 0 Å². The van der Waals surface area contributed by atoms with Crippen LogP contribution in [-0.2, 0) is 6.42 Å². The van der Waals surface area contributed by atoms with E-state index in [1.54, 1.807) is 11.1 Å². The second kappa shape index (κ2) is 6.34. The predicted molar refractivity (Wildman–Crippen MR) is 74.1 cm³/mol. The monoisotopic (exact) mass is 234 g/mol. The summed E-state index contributed by atoms with van der Waals surface area (Å²) in [4.78, 5) is 0. The predicted octanol–water partition coefficient (Wildman–Crippen LogP) is 4.99. The van der Waals surface area contributed by atoms with Gasteiger partial charge in [-0.2, -0.15) is 11.8 Å². The molecule has 1 aromatic rings. The third-order valence-corrected chi connectivity index (χ3v) is 4.80. The van der Waals surface area contributed by atoms with Gasteiger partial charge in [0.05, 0.1) is 0 Å². The summed E-state index contributed by atoms with van der Waals surface area (Å²) in [6, 6.07) is 9.03. The molecule has 0 aromatic heterocycles. The summed E-state index contributed by atoms with van der Waals surface area (Å²) < 4.78 is 0. The Hall–Kier alpha value is -0.430. The van der Waals surface area contributed by atoms with E-state index < -0.39 is 0 Å². The van der Waals surface area contributed by atoms with E-state index in [2.05, 4.69) is 43.0 Å². The van der Waals surface area contributed by atoms with Crippen LogP contribution in [0.25, 0.3) is 0 Å². The van der Waals surface area contributed by atoms with Gasteiger partial charge in [-0.05, 0) is 42.6 Å². The molecule has 1 aromatic carbocycles. The standard InChI is InChI=1S/C15H22S/c1-2-3-6-12-16-15-11-7-9-13-8-4-5-10-14(13)15/h4-5,8,10,15H,2-3,6-7,9,11-12H2,1H3. The molecule has 0 saturated heterocycles. The van der Waals surface area contributed by atoms with Crippen LogP contribution in [0.3, 0.4) is 0 Å². The van der Waals surface area contributed by atoms with E-state index in [1.807, 2.05) is 0 Å². The quantitative estimate of drug-likeness (QED) is 0.647. The van der Waals surface area contributed by atoms with Crippen molar-refractivity contribution in [3.05, 3.63) is 35.4 Å². The van der Waals surface area contributed by atoms with Crippen molar-refractivity contribution in [3.8, 4) is 0 Å². The van der Waals surface area contributed by atoms with Crippen LogP contribution in [0.1, 0.15) is 55.4 Å². The fourth-order valence-corrected chi connectivity index (χ4v) is 3.86. The van der Waals surface area contributed by atoms with Crippen LogP contribution in [-0.4, -0.2) is 5.75 Å². The molecule has 1 atom stereocenters.